The molecule has 24 heavy (non-hydrogen) atoms. The van der Waals surface area contributed by atoms with Gasteiger partial charge in [-0.2, -0.15) is 0 Å². The second-order valence-electron chi connectivity index (χ2n) is 5.37. The van der Waals surface area contributed by atoms with Crippen LogP contribution in [0.3, 0.4) is 0 Å². The minimum Gasteiger partial charge on any atom is -0.350 e. The van der Waals surface area contributed by atoms with E-state index in [1.165, 1.54) is 22.2 Å². The standard InChI is InChI=1S/C17H17N3O2S2/c1-12-4-5-15-19-13(7-17(22)20(15)9-12)10-23-11-16(21)18-8-14-3-2-6-24-14/h2-7,9H,8,10-11H2,1H3,(H,18,21). The van der Waals surface area contributed by atoms with Crippen LogP contribution in [0.4, 0.5) is 0 Å². The SMILES string of the molecule is Cc1ccc2nc(CSCC(=O)NCc3cccs3)cc(=O)n2c1. The van der Waals surface area contributed by atoms with Gasteiger partial charge in [0.2, 0.25) is 5.91 Å². The third-order valence-electron chi connectivity index (χ3n) is 3.38. The zero-order valence-electron chi connectivity index (χ0n) is 13.2. The number of fused-ring (bicyclic) bond motifs is 1. The lowest BCUT2D eigenvalue weighted by Gasteiger charge is -2.06. The number of thiophene rings is 1. The van der Waals surface area contributed by atoms with Crippen molar-refractivity contribution in [2.24, 2.45) is 0 Å². The van der Waals surface area contributed by atoms with Gasteiger partial charge in [-0.3, -0.25) is 14.0 Å². The van der Waals surface area contributed by atoms with Crippen LogP contribution in [0.5, 0.6) is 0 Å². The van der Waals surface area contributed by atoms with Crippen molar-refractivity contribution in [2.45, 2.75) is 19.2 Å². The Morgan fingerprint density at radius 2 is 2.25 bits per heavy atom. The van der Waals surface area contributed by atoms with Crippen molar-refractivity contribution in [3.63, 3.8) is 0 Å². The van der Waals surface area contributed by atoms with Gasteiger partial charge in [-0.05, 0) is 30.0 Å². The van der Waals surface area contributed by atoms with Crippen LogP contribution in [-0.4, -0.2) is 21.0 Å². The first-order valence-corrected chi connectivity index (χ1v) is 9.51. The van der Waals surface area contributed by atoms with E-state index in [9.17, 15) is 9.59 Å². The predicted molar refractivity (Wildman–Crippen MR) is 98.5 cm³/mol. The normalized spacial score (nSPS) is 10.9. The zero-order valence-corrected chi connectivity index (χ0v) is 14.8. The van der Waals surface area contributed by atoms with Crippen molar-refractivity contribution in [1.29, 1.82) is 0 Å². The minimum absolute atomic E-state index is 0.0125. The van der Waals surface area contributed by atoms with Crippen LogP contribution < -0.4 is 10.9 Å². The summed E-state index contributed by atoms with van der Waals surface area (Å²) in [5.41, 5.74) is 2.24. The maximum Gasteiger partial charge on any atom is 0.258 e. The average molecular weight is 359 g/mol. The summed E-state index contributed by atoms with van der Waals surface area (Å²) in [4.78, 5) is 29.6. The van der Waals surface area contributed by atoms with E-state index in [1.807, 2.05) is 36.6 Å². The molecule has 0 atom stereocenters. The first-order chi connectivity index (χ1) is 11.6. The fraction of sp³-hybridized carbons (Fsp3) is 0.235. The summed E-state index contributed by atoms with van der Waals surface area (Å²) >= 11 is 3.07. The number of hydrogen-bond acceptors (Lipinski definition) is 5. The Morgan fingerprint density at radius 1 is 1.38 bits per heavy atom. The Hall–Kier alpha value is -2.12. The quantitative estimate of drug-likeness (QED) is 0.735. The van der Waals surface area contributed by atoms with Gasteiger partial charge in [0.05, 0.1) is 18.0 Å². The van der Waals surface area contributed by atoms with Crippen LogP contribution in [0.2, 0.25) is 0 Å². The van der Waals surface area contributed by atoms with Crippen LogP contribution >= 0.6 is 23.1 Å². The van der Waals surface area contributed by atoms with E-state index in [2.05, 4.69) is 10.3 Å². The van der Waals surface area contributed by atoms with Gasteiger partial charge < -0.3 is 5.32 Å². The number of nitrogens with zero attached hydrogens (tertiary/aromatic N) is 2. The molecule has 0 spiro atoms. The van der Waals surface area contributed by atoms with Gasteiger partial charge in [0, 0.05) is 22.9 Å². The van der Waals surface area contributed by atoms with Crippen LogP contribution in [0, 0.1) is 6.92 Å². The molecule has 0 saturated carbocycles. The molecule has 7 heteroatoms. The van der Waals surface area contributed by atoms with E-state index in [-0.39, 0.29) is 11.5 Å². The van der Waals surface area contributed by atoms with Crippen LogP contribution in [-0.2, 0) is 17.1 Å². The number of aromatic nitrogens is 2. The highest BCUT2D eigenvalue weighted by Gasteiger charge is 2.06. The molecule has 0 unspecified atom stereocenters. The van der Waals surface area contributed by atoms with Crippen molar-refractivity contribution in [2.75, 3.05) is 5.75 Å². The van der Waals surface area contributed by atoms with Gasteiger partial charge in [0.15, 0.2) is 0 Å². The molecule has 124 valence electrons. The first-order valence-electron chi connectivity index (χ1n) is 7.47. The molecule has 3 heterocycles. The van der Waals surface area contributed by atoms with E-state index in [0.717, 1.165) is 10.4 Å². The van der Waals surface area contributed by atoms with Gasteiger partial charge in [0.25, 0.3) is 5.56 Å². The van der Waals surface area contributed by atoms with Gasteiger partial charge >= 0.3 is 0 Å². The highest BCUT2D eigenvalue weighted by Crippen LogP contribution is 2.11. The highest BCUT2D eigenvalue weighted by molar-refractivity contribution is 7.99. The number of hydrogen-bond donors (Lipinski definition) is 1. The second-order valence-corrected chi connectivity index (χ2v) is 7.39. The van der Waals surface area contributed by atoms with E-state index >= 15 is 0 Å². The Morgan fingerprint density at radius 3 is 3.04 bits per heavy atom. The lowest BCUT2D eigenvalue weighted by molar-refractivity contribution is -0.118. The minimum atomic E-state index is -0.0959. The molecular formula is C17H17N3O2S2. The van der Waals surface area contributed by atoms with Gasteiger partial charge in [0.1, 0.15) is 5.65 Å². The van der Waals surface area contributed by atoms with E-state index < -0.39 is 0 Å². The van der Waals surface area contributed by atoms with Crippen molar-refractivity contribution >= 4 is 34.7 Å². The molecule has 0 aliphatic heterocycles. The van der Waals surface area contributed by atoms with Crippen molar-refractivity contribution in [1.82, 2.24) is 14.7 Å². The second kappa shape index (κ2) is 7.63. The van der Waals surface area contributed by atoms with E-state index in [1.54, 1.807) is 17.5 Å². The van der Waals surface area contributed by atoms with Gasteiger partial charge in [-0.1, -0.05) is 12.1 Å². The Bertz CT molecular complexity index is 904. The summed E-state index contributed by atoms with van der Waals surface area (Å²) in [7, 11) is 0. The number of carbonyl (C=O) groups excluding carboxylic acids is 1. The lowest BCUT2D eigenvalue weighted by Crippen LogP contribution is -2.24. The van der Waals surface area contributed by atoms with Gasteiger partial charge in [-0.15, -0.1) is 23.1 Å². The number of aryl methyl sites for hydroxylation is 1. The highest BCUT2D eigenvalue weighted by atomic mass is 32.2. The molecule has 0 fully saturated rings. The van der Waals surface area contributed by atoms with E-state index in [4.69, 9.17) is 0 Å². The Labute approximate surface area is 147 Å². The summed E-state index contributed by atoms with van der Waals surface area (Å²) in [5, 5.41) is 4.87. The molecule has 0 saturated heterocycles. The topological polar surface area (TPSA) is 63.5 Å². The molecule has 0 aliphatic carbocycles. The molecule has 1 N–H and O–H groups in total. The number of nitrogens with one attached hydrogen (secondary N) is 1. The fourth-order valence-corrected chi connectivity index (χ4v) is 3.62. The van der Waals surface area contributed by atoms with Crippen molar-refractivity contribution in [3.8, 4) is 0 Å². The van der Waals surface area contributed by atoms with Crippen LogP contribution in [0.25, 0.3) is 5.65 Å². The molecule has 0 aromatic carbocycles. The molecule has 3 rings (SSSR count). The van der Waals surface area contributed by atoms with Crippen LogP contribution in [0.1, 0.15) is 16.1 Å². The summed E-state index contributed by atoms with van der Waals surface area (Å²) in [5.74, 6) is 0.869. The molecule has 0 bridgehead atoms. The summed E-state index contributed by atoms with van der Waals surface area (Å²) in [6.07, 6.45) is 1.78. The number of rotatable bonds is 6. The average Bonchev–Trinajstić information content (AvgIpc) is 3.07. The summed E-state index contributed by atoms with van der Waals surface area (Å²) < 4.78 is 1.54. The molecule has 0 aliphatic rings. The largest absolute Gasteiger partial charge is 0.350 e. The maximum atomic E-state index is 12.1. The summed E-state index contributed by atoms with van der Waals surface area (Å²) in [6, 6.07) is 9.25. The number of pyridine rings is 1. The Balaban J connectivity index is 1.55. The van der Waals surface area contributed by atoms with Crippen molar-refractivity contribution < 1.29 is 4.79 Å². The number of carbonyl (C=O) groups is 1. The molecule has 3 aromatic heterocycles. The lowest BCUT2D eigenvalue weighted by atomic mass is 10.3. The van der Waals surface area contributed by atoms with Crippen molar-refractivity contribution in [3.05, 3.63) is 68.4 Å². The monoisotopic (exact) mass is 359 g/mol. The molecule has 0 radical (unpaired) electrons. The third kappa shape index (κ3) is 4.24. The van der Waals surface area contributed by atoms with E-state index in [0.29, 0.717) is 29.4 Å². The zero-order chi connectivity index (χ0) is 16.9. The molecule has 3 aromatic rings. The maximum absolute atomic E-state index is 12.1. The smallest absolute Gasteiger partial charge is 0.258 e. The fourth-order valence-electron chi connectivity index (χ4n) is 2.23. The number of thioether (sulfide) groups is 1. The predicted octanol–water partition coefficient (Wildman–Crippen LogP) is 2.61. The molecule has 5 nitrogen and oxygen atoms in total. The molecule has 1 amide bonds. The summed E-state index contributed by atoms with van der Waals surface area (Å²) in [6.45, 7) is 2.50. The first kappa shape index (κ1) is 16.7. The van der Waals surface area contributed by atoms with Gasteiger partial charge in [-0.25, -0.2) is 4.98 Å². The van der Waals surface area contributed by atoms with Crippen LogP contribution in [0.15, 0.2) is 46.7 Å². The molecular weight excluding hydrogens is 342 g/mol. The third-order valence-corrected chi connectivity index (χ3v) is 5.23. The Kier molecular flexibility index (Phi) is 5.32. The number of amides is 1.